The van der Waals surface area contributed by atoms with Gasteiger partial charge >= 0.3 is 0 Å². The highest BCUT2D eigenvalue weighted by molar-refractivity contribution is 7.92. The number of halogens is 2. The fraction of sp³-hybridized carbons (Fsp3) is 0.350. The third-order valence-corrected chi connectivity index (χ3v) is 7.12. The molecule has 1 N–H and O–H groups in total. The van der Waals surface area contributed by atoms with Gasteiger partial charge in [0.15, 0.2) is 0 Å². The Morgan fingerprint density at radius 2 is 1.68 bits per heavy atom. The highest BCUT2D eigenvalue weighted by Crippen LogP contribution is 2.28. The number of amides is 1. The van der Waals surface area contributed by atoms with E-state index in [9.17, 15) is 13.2 Å². The van der Waals surface area contributed by atoms with Crippen molar-refractivity contribution >= 4 is 44.8 Å². The molecular formula is C20H22Cl2N2O3S. The van der Waals surface area contributed by atoms with Crippen LogP contribution in [0.5, 0.6) is 0 Å². The van der Waals surface area contributed by atoms with Gasteiger partial charge in [-0.05, 0) is 55.3 Å². The average molecular weight is 441 g/mol. The molecule has 1 aliphatic rings. The first-order chi connectivity index (χ1) is 13.3. The van der Waals surface area contributed by atoms with E-state index in [2.05, 4.69) is 4.72 Å². The van der Waals surface area contributed by atoms with Gasteiger partial charge in [-0.1, -0.05) is 42.5 Å². The van der Waals surface area contributed by atoms with Gasteiger partial charge in [0.2, 0.25) is 0 Å². The van der Waals surface area contributed by atoms with E-state index < -0.39 is 10.0 Å². The molecule has 0 radical (unpaired) electrons. The van der Waals surface area contributed by atoms with Crippen molar-refractivity contribution in [3.05, 3.63) is 58.1 Å². The van der Waals surface area contributed by atoms with Crippen molar-refractivity contribution in [1.29, 1.82) is 0 Å². The number of hydrogen-bond donors (Lipinski definition) is 1. The van der Waals surface area contributed by atoms with Crippen LogP contribution in [0.25, 0.3) is 0 Å². The lowest BCUT2D eigenvalue weighted by molar-refractivity contribution is 0.0696. The minimum absolute atomic E-state index is 0.0540. The smallest absolute Gasteiger partial charge is 0.263 e. The summed E-state index contributed by atoms with van der Waals surface area (Å²) in [7, 11) is -2.19. The second kappa shape index (κ2) is 8.72. The molecular weight excluding hydrogens is 419 g/mol. The number of benzene rings is 2. The lowest BCUT2D eigenvalue weighted by Crippen LogP contribution is -2.38. The molecule has 1 saturated carbocycles. The third-order valence-electron chi connectivity index (χ3n) is 5.01. The summed E-state index contributed by atoms with van der Waals surface area (Å²) < 4.78 is 28.1. The van der Waals surface area contributed by atoms with Crippen LogP contribution in [0.2, 0.25) is 10.0 Å². The molecule has 0 aromatic heterocycles. The molecule has 28 heavy (non-hydrogen) atoms. The lowest BCUT2D eigenvalue weighted by atomic mass is 9.94. The average Bonchev–Trinajstić information content (AvgIpc) is 2.69. The van der Waals surface area contributed by atoms with Crippen molar-refractivity contribution in [2.45, 2.75) is 43.0 Å². The number of hydrogen-bond acceptors (Lipinski definition) is 3. The van der Waals surface area contributed by atoms with E-state index >= 15 is 0 Å². The summed E-state index contributed by atoms with van der Waals surface area (Å²) in [5.41, 5.74) is 0.658. The van der Waals surface area contributed by atoms with Gasteiger partial charge in [0.05, 0.1) is 5.02 Å². The van der Waals surface area contributed by atoms with Crippen LogP contribution in [-0.4, -0.2) is 32.3 Å². The van der Waals surface area contributed by atoms with Gasteiger partial charge in [-0.2, -0.15) is 0 Å². The largest absolute Gasteiger partial charge is 0.339 e. The van der Waals surface area contributed by atoms with Gasteiger partial charge in [-0.15, -0.1) is 0 Å². The van der Waals surface area contributed by atoms with Crippen molar-refractivity contribution < 1.29 is 13.2 Å². The molecule has 0 saturated heterocycles. The Balaban J connectivity index is 1.85. The first-order valence-electron chi connectivity index (χ1n) is 9.13. The minimum Gasteiger partial charge on any atom is -0.339 e. The summed E-state index contributed by atoms with van der Waals surface area (Å²) in [5, 5.41) is 0.553. The summed E-state index contributed by atoms with van der Waals surface area (Å²) in [6.07, 6.45) is 5.34. The van der Waals surface area contributed by atoms with E-state index in [0.29, 0.717) is 16.3 Å². The Bertz CT molecular complexity index is 956. The molecule has 1 aliphatic carbocycles. The topological polar surface area (TPSA) is 66.5 Å². The van der Waals surface area contributed by atoms with Gasteiger partial charge in [0.1, 0.15) is 4.90 Å². The van der Waals surface area contributed by atoms with Gasteiger partial charge in [-0.3, -0.25) is 9.52 Å². The number of rotatable bonds is 5. The molecule has 1 fully saturated rings. The second-order valence-electron chi connectivity index (χ2n) is 6.97. The van der Waals surface area contributed by atoms with Gasteiger partial charge < -0.3 is 4.90 Å². The van der Waals surface area contributed by atoms with E-state index in [-0.39, 0.29) is 21.9 Å². The van der Waals surface area contributed by atoms with Crippen molar-refractivity contribution in [3.8, 4) is 0 Å². The van der Waals surface area contributed by atoms with Crippen LogP contribution in [0, 0.1) is 0 Å². The maximum Gasteiger partial charge on any atom is 0.263 e. The number of sulfonamides is 1. The molecule has 5 nitrogen and oxygen atoms in total. The van der Waals surface area contributed by atoms with Gasteiger partial charge in [0, 0.05) is 29.4 Å². The Kier molecular flexibility index (Phi) is 6.53. The highest BCUT2D eigenvalue weighted by atomic mass is 35.5. The first-order valence-corrected chi connectivity index (χ1v) is 11.4. The Morgan fingerprint density at radius 3 is 2.32 bits per heavy atom. The standard InChI is InChI=1S/C20H22Cl2N2O3S/c1-24(17-5-3-2-4-6-17)20(25)14-7-12-18(22)19(13-14)28(26,27)23-16-10-8-15(21)9-11-16/h7-13,17,23H,2-6H2,1H3. The summed E-state index contributed by atoms with van der Waals surface area (Å²) >= 11 is 12.0. The van der Waals surface area contributed by atoms with Gasteiger partial charge in [-0.25, -0.2) is 8.42 Å². The van der Waals surface area contributed by atoms with E-state index in [1.54, 1.807) is 42.3 Å². The van der Waals surface area contributed by atoms with E-state index in [1.807, 2.05) is 0 Å². The highest BCUT2D eigenvalue weighted by Gasteiger charge is 2.25. The summed E-state index contributed by atoms with van der Waals surface area (Å²) in [5.74, 6) is -0.202. The zero-order valence-corrected chi connectivity index (χ0v) is 17.8. The Hall–Kier alpha value is -1.76. The van der Waals surface area contributed by atoms with Crippen LogP contribution >= 0.6 is 23.2 Å². The molecule has 0 bridgehead atoms. The predicted octanol–water partition coefficient (Wildman–Crippen LogP) is 5.20. The normalized spacial score (nSPS) is 15.2. The van der Waals surface area contributed by atoms with E-state index in [4.69, 9.17) is 23.2 Å². The van der Waals surface area contributed by atoms with E-state index in [1.165, 1.54) is 18.6 Å². The maximum atomic E-state index is 12.9. The molecule has 8 heteroatoms. The monoisotopic (exact) mass is 440 g/mol. The van der Waals surface area contributed by atoms with Crippen molar-refractivity contribution in [1.82, 2.24) is 4.90 Å². The summed E-state index contributed by atoms with van der Waals surface area (Å²) in [6, 6.07) is 10.8. The first kappa shape index (κ1) is 21.0. The Morgan fingerprint density at radius 1 is 1.04 bits per heavy atom. The third kappa shape index (κ3) is 4.80. The molecule has 0 spiro atoms. The molecule has 0 unspecified atom stereocenters. The van der Waals surface area contributed by atoms with Crippen molar-refractivity contribution in [2.24, 2.45) is 0 Å². The zero-order valence-electron chi connectivity index (χ0n) is 15.5. The van der Waals surface area contributed by atoms with Crippen LogP contribution in [0.1, 0.15) is 42.5 Å². The van der Waals surface area contributed by atoms with Crippen LogP contribution in [0.3, 0.4) is 0 Å². The number of anilines is 1. The molecule has 2 aromatic carbocycles. The molecule has 0 heterocycles. The number of nitrogens with one attached hydrogen (secondary N) is 1. The van der Waals surface area contributed by atoms with Crippen molar-refractivity contribution in [3.63, 3.8) is 0 Å². The van der Waals surface area contributed by atoms with Crippen LogP contribution in [0.4, 0.5) is 5.69 Å². The quantitative estimate of drug-likeness (QED) is 0.694. The second-order valence-corrected chi connectivity index (χ2v) is 9.46. The van der Waals surface area contributed by atoms with E-state index in [0.717, 1.165) is 25.7 Å². The predicted molar refractivity (Wildman–Crippen MR) is 113 cm³/mol. The molecule has 3 rings (SSSR count). The van der Waals surface area contributed by atoms with Crippen LogP contribution < -0.4 is 4.72 Å². The van der Waals surface area contributed by atoms with Gasteiger partial charge in [0.25, 0.3) is 15.9 Å². The number of carbonyl (C=O) groups excluding carboxylic acids is 1. The fourth-order valence-electron chi connectivity index (χ4n) is 3.41. The summed E-state index contributed by atoms with van der Waals surface area (Å²) in [4.78, 5) is 14.5. The maximum absolute atomic E-state index is 12.9. The van der Waals surface area contributed by atoms with Crippen LogP contribution in [0.15, 0.2) is 47.4 Å². The minimum atomic E-state index is -3.96. The molecule has 1 amide bonds. The summed E-state index contributed by atoms with van der Waals surface area (Å²) in [6.45, 7) is 0. The molecule has 2 aromatic rings. The number of nitrogens with zero attached hydrogens (tertiary/aromatic N) is 1. The molecule has 0 aliphatic heterocycles. The zero-order chi connectivity index (χ0) is 20.3. The molecule has 0 atom stereocenters. The molecule has 150 valence electrons. The van der Waals surface area contributed by atoms with Crippen molar-refractivity contribution in [2.75, 3.05) is 11.8 Å². The number of carbonyl (C=O) groups is 1. The SMILES string of the molecule is CN(C(=O)c1ccc(Cl)c(S(=O)(=O)Nc2ccc(Cl)cc2)c1)C1CCCCC1. The lowest BCUT2D eigenvalue weighted by Gasteiger charge is -2.31. The van der Waals surface area contributed by atoms with Crippen LogP contribution in [-0.2, 0) is 10.0 Å². The Labute approximate surface area is 175 Å². The fourth-order valence-corrected chi connectivity index (χ4v) is 5.12.